The number of ether oxygens (including phenoxy) is 1. The lowest BCUT2D eigenvalue weighted by Gasteiger charge is -2.28. The molecule has 0 aliphatic carbocycles. The van der Waals surface area contributed by atoms with E-state index < -0.39 is 0 Å². The van der Waals surface area contributed by atoms with Crippen molar-refractivity contribution in [2.24, 2.45) is 0 Å². The zero-order valence-corrected chi connectivity index (χ0v) is 10.2. The van der Waals surface area contributed by atoms with Crippen molar-refractivity contribution in [3.63, 3.8) is 0 Å². The molecule has 90 valence electrons. The molecule has 1 saturated heterocycles. The van der Waals surface area contributed by atoms with Crippen LogP contribution < -0.4 is 4.90 Å². The van der Waals surface area contributed by atoms with Gasteiger partial charge in [0.05, 0.1) is 13.2 Å². The molecule has 0 unspecified atom stereocenters. The highest BCUT2D eigenvalue weighted by Gasteiger charge is 2.17. The number of fused-ring (bicyclic) bond motifs is 1. The smallest absolute Gasteiger partial charge is 0.157 e. The Bertz CT molecular complexity index is 543. The van der Waals surface area contributed by atoms with Gasteiger partial charge in [-0.1, -0.05) is 0 Å². The lowest BCUT2D eigenvalue weighted by Crippen LogP contribution is -2.37. The van der Waals surface area contributed by atoms with Gasteiger partial charge in [0.25, 0.3) is 0 Å². The van der Waals surface area contributed by atoms with Crippen molar-refractivity contribution in [3.8, 4) is 0 Å². The van der Waals surface area contributed by atoms with E-state index in [1.54, 1.807) is 0 Å². The fourth-order valence-electron chi connectivity index (χ4n) is 2.22. The average Bonchev–Trinajstić information content (AvgIpc) is 2.72. The minimum atomic E-state index is 0.773. The molecule has 0 amide bonds. The topological polar surface area (TPSA) is 42.7 Å². The fourth-order valence-corrected chi connectivity index (χ4v) is 2.22. The third-order valence-corrected chi connectivity index (χ3v) is 3.10. The first-order chi connectivity index (χ1) is 8.25. The van der Waals surface area contributed by atoms with Crippen molar-refractivity contribution in [3.05, 3.63) is 23.7 Å². The second kappa shape index (κ2) is 4.00. The first-order valence-electron chi connectivity index (χ1n) is 5.91. The zero-order chi connectivity index (χ0) is 11.8. The van der Waals surface area contributed by atoms with Crippen LogP contribution in [-0.4, -0.2) is 40.9 Å². The normalized spacial score (nSPS) is 16.7. The second-order valence-corrected chi connectivity index (χ2v) is 4.35. The second-order valence-electron chi connectivity index (χ2n) is 4.35. The third kappa shape index (κ3) is 1.76. The predicted molar refractivity (Wildman–Crippen MR) is 65.5 cm³/mol. The van der Waals surface area contributed by atoms with E-state index in [2.05, 4.69) is 34.0 Å². The van der Waals surface area contributed by atoms with Gasteiger partial charge in [-0.3, -0.25) is 0 Å². The fraction of sp³-hybridized carbons (Fsp3) is 0.500. The Hall–Kier alpha value is -1.62. The zero-order valence-electron chi connectivity index (χ0n) is 10.2. The Morgan fingerprint density at radius 2 is 1.94 bits per heavy atom. The largest absolute Gasteiger partial charge is 0.378 e. The first-order valence-corrected chi connectivity index (χ1v) is 5.91. The van der Waals surface area contributed by atoms with Crippen LogP contribution in [0.5, 0.6) is 0 Å². The molecule has 5 nitrogen and oxygen atoms in total. The van der Waals surface area contributed by atoms with Gasteiger partial charge in [-0.25, -0.2) is 9.50 Å². The highest BCUT2D eigenvalue weighted by Crippen LogP contribution is 2.21. The summed E-state index contributed by atoms with van der Waals surface area (Å²) in [6, 6.07) is 4.16. The first kappa shape index (κ1) is 10.5. The van der Waals surface area contributed by atoms with Gasteiger partial charge in [-0.15, -0.1) is 0 Å². The maximum Gasteiger partial charge on any atom is 0.157 e. The molecule has 3 rings (SSSR count). The molecule has 0 saturated carbocycles. The standard InChI is InChI=1S/C12H16N4O/c1-9-3-4-11-12(13-10(2)14-16(9)11)15-5-7-17-8-6-15/h3-4H,5-8H2,1-2H3. The molecule has 0 bridgehead atoms. The van der Waals surface area contributed by atoms with Crippen LogP contribution in [0.1, 0.15) is 11.5 Å². The quantitative estimate of drug-likeness (QED) is 0.740. The number of morpholine rings is 1. The number of anilines is 1. The average molecular weight is 232 g/mol. The van der Waals surface area contributed by atoms with E-state index in [1.807, 2.05) is 11.4 Å². The van der Waals surface area contributed by atoms with Gasteiger partial charge in [0.2, 0.25) is 0 Å². The van der Waals surface area contributed by atoms with Crippen LogP contribution in [0.15, 0.2) is 12.1 Å². The number of aryl methyl sites for hydroxylation is 2. The SMILES string of the molecule is Cc1nc(N2CCOCC2)c2ccc(C)n2n1. The monoisotopic (exact) mass is 232 g/mol. The predicted octanol–water partition coefficient (Wildman–Crippen LogP) is 1.18. The summed E-state index contributed by atoms with van der Waals surface area (Å²) in [6.45, 7) is 7.34. The Morgan fingerprint density at radius 3 is 2.71 bits per heavy atom. The lowest BCUT2D eigenvalue weighted by atomic mass is 10.3. The molecule has 0 N–H and O–H groups in total. The van der Waals surface area contributed by atoms with Crippen molar-refractivity contribution >= 4 is 11.3 Å². The van der Waals surface area contributed by atoms with Crippen LogP contribution in [0.3, 0.4) is 0 Å². The van der Waals surface area contributed by atoms with Crippen LogP contribution in [0.2, 0.25) is 0 Å². The maximum atomic E-state index is 5.38. The molecule has 1 aliphatic rings. The van der Waals surface area contributed by atoms with Gasteiger partial charge in [0.1, 0.15) is 11.3 Å². The number of aromatic nitrogens is 3. The van der Waals surface area contributed by atoms with E-state index in [0.717, 1.165) is 49.2 Å². The molecule has 1 aliphatic heterocycles. The molecule has 0 atom stereocenters. The van der Waals surface area contributed by atoms with Gasteiger partial charge in [-0.05, 0) is 26.0 Å². The summed E-state index contributed by atoms with van der Waals surface area (Å²) in [4.78, 5) is 6.85. The summed E-state index contributed by atoms with van der Waals surface area (Å²) >= 11 is 0. The van der Waals surface area contributed by atoms with Crippen molar-refractivity contribution < 1.29 is 4.74 Å². The molecule has 2 aromatic rings. The van der Waals surface area contributed by atoms with Gasteiger partial charge in [0.15, 0.2) is 5.82 Å². The summed E-state index contributed by atoms with van der Waals surface area (Å²) in [5.74, 6) is 1.83. The Labute approximate surface area is 100 Å². The number of hydrogen-bond acceptors (Lipinski definition) is 4. The Balaban J connectivity index is 2.13. The van der Waals surface area contributed by atoms with Crippen LogP contribution in [0.25, 0.3) is 5.52 Å². The summed E-state index contributed by atoms with van der Waals surface area (Å²) in [7, 11) is 0. The van der Waals surface area contributed by atoms with Crippen LogP contribution in [-0.2, 0) is 4.74 Å². The van der Waals surface area contributed by atoms with E-state index in [0.29, 0.717) is 0 Å². The van der Waals surface area contributed by atoms with E-state index in [4.69, 9.17) is 4.74 Å². The minimum Gasteiger partial charge on any atom is -0.378 e. The lowest BCUT2D eigenvalue weighted by molar-refractivity contribution is 0.122. The number of nitrogens with zero attached hydrogens (tertiary/aromatic N) is 4. The molecule has 1 fully saturated rings. The highest BCUT2D eigenvalue weighted by molar-refractivity contribution is 5.69. The Morgan fingerprint density at radius 1 is 1.18 bits per heavy atom. The molecule has 0 aromatic carbocycles. The van der Waals surface area contributed by atoms with Crippen LogP contribution in [0.4, 0.5) is 5.82 Å². The molecule has 17 heavy (non-hydrogen) atoms. The minimum absolute atomic E-state index is 0.773. The van der Waals surface area contributed by atoms with Gasteiger partial charge < -0.3 is 9.64 Å². The summed E-state index contributed by atoms with van der Waals surface area (Å²) < 4.78 is 7.34. The van der Waals surface area contributed by atoms with Crippen molar-refractivity contribution in [2.75, 3.05) is 31.2 Å². The van der Waals surface area contributed by atoms with Crippen LogP contribution in [0, 0.1) is 13.8 Å². The van der Waals surface area contributed by atoms with Crippen molar-refractivity contribution in [2.45, 2.75) is 13.8 Å². The summed E-state index contributed by atoms with van der Waals surface area (Å²) in [6.07, 6.45) is 0. The maximum absolute atomic E-state index is 5.38. The third-order valence-electron chi connectivity index (χ3n) is 3.10. The number of hydrogen-bond donors (Lipinski definition) is 0. The molecule has 0 spiro atoms. The van der Waals surface area contributed by atoms with Gasteiger partial charge >= 0.3 is 0 Å². The van der Waals surface area contributed by atoms with E-state index in [9.17, 15) is 0 Å². The summed E-state index contributed by atoms with van der Waals surface area (Å²) in [5.41, 5.74) is 2.22. The molecular weight excluding hydrogens is 216 g/mol. The molecule has 2 aromatic heterocycles. The molecule has 0 radical (unpaired) electrons. The van der Waals surface area contributed by atoms with E-state index >= 15 is 0 Å². The van der Waals surface area contributed by atoms with E-state index in [1.165, 1.54) is 0 Å². The van der Waals surface area contributed by atoms with Crippen LogP contribution >= 0.6 is 0 Å². The van der Waals surface area contributed by atoms with Gasteiger partial charge in [0, 0.05) is 18.8 Å². The van der Waals surface area contributed by atoms with Crippen molar-refractivity contribution in [1.82, 2.24) is 14.6 Å². The molecule has 5 heteroatoms. The van der Waals surface area contributed by atoms with Gasteiger partial charge in [-0.2, -0.15) is 5.10 Å². The Kier molecular flexibility index (Phi) is 2.48. The summed E-state index contributed by atoms with van der Waals surface area (Å²) in [5, 5.41) is 4.44. The van der Waals surface area contributed by atoms with Crippen molar-refractivity contribution in [1.29, 1.82) is 0 Å². The van der Waals surface area contributed by atoms with E-state index in [-0.39, 0.29) is 0 Å². The molecule has 3 heterocycles. The number of rotatable bonds is 1. The highest BCUT2D eigenvalue weighted by atomic mass is 16.5. The molecular formula is C12H16N4O.